The fourth-order valence-corrected chi connectivity index (χ4v) is 12.1. The molecule has 0 aromatic heterocycles. The lowest BCUT2D eigenvalue weighted by molar-refractivity contribution is -0.216. The molecule has 2 N–H and O–H groups in total. The van der Waals surface area contributed by atoms with Crippen molar-refractivity contribution >= 4 is 57.8 Å². The predicted molar refractivity (Wildman–Crippen MR) is 195 cm³/mol. The standard InChI is InChI=1S/C40H37N2O8P/c1-4-25-49-38(47)35(51(28-17-9-6-10-18-28,29-19-11-7-12-20-29)30-21-13-8-14-22-30)40(50-27(3)43,33-26-34(44)41-33)39(48,5-2)42-36(45)31-23-15-16-24-32(31)37(42)46/h4,6-24,33,48H,1,5,25-26H2,2-3H3,(H,41,44)/t33-,39?,40?/m1/s1. The number of rotatable bonds is 12. The lowest BCUT2D eigenvalue weighted by Gasteiger charge is -2.56. The van der Waals surface area contributed by atoms with E-state index in [2.05, 4.69) is 11.9 Å². The number of β-lactam (4-membered cyclic amide) rings is 1. The van der Waals surface area contributed by atoms with E-state index < -0.39 is 60.3 Å². The van der Waals surface area contributed by atoms with Crippen molar-refractivity contribution in [2.24, 2.45) is 0 Å². The van der Waals surface area contributed by atoms with E-state index in [0.29, 0.717) is 20.8 Å². The third-order valence-electron chi connectivity index (χ3n) is 9.42. The molecule has 0 spiro atoms. The van der Waals surface area contributed by atoms with Gasteiger partial charge >= 0.3 is 11.9 Å². The van der Waals surface area contributed by atoms with Crippen LogP contribution in [0, 0.1) is 0 Å². The Hall–Kier alpha value is -5.57. The number of amides is 3. The number of hydrogen-bond acceptors (Lipinski definition) is 8. The number of nitrogens with zero attached hydrogens (tertiary/aromatic N) is 1. The van der Waals surface area contributed by atoms with Gasteiger partial charge in [0.05, 0.1) is 28.9 Å². The summed E-state index contributed by atoms with van der Waals surface area (Å²) in [6.07, 6.45) is 0.627. The molecule has 3 atom stereocenters. The van der Waals surface area contributed by atoms with E-state index in [1.165, 1.54) is 25.1 Å². The molecule has 2 heterocycles. The molecule has 4 aromatic carbocycles. The number of fused-ring (bicyclic) bond motifs is 1. The second-order valence-electron chi connectivity index (χ2n) is 12.2. The van der Waals surface area contributed by atoms with Gasteiger partial charge in [-0.1, -0.05) is 123 Å². The molecular formula is C40H37N2O8P. The van der Waals surface area contributed by atoms with Crippen molar-refractivity contribution in [3.05, 3.63) is 139 Å². The zero-order chi connectivity index (χ0) is 36.4. The fourth-order valence-electron chi connectivity index (χ4n) is 7.31. The molecule has 3 amide bonds. The molecule has 51 heavy (non-hydrogen) atoms. The molecule has 1 saturated heterocycles. The van der Waals surface area contributed by atoms with Gasteiger partial charge in [0, 0.05) is 6.92 Å². The largest absolute Gasteiger partial charge is 0.458 e. The van der Waals surface area contributed by atoms with Gasteiger partial charge in [0.25, 0.3) is 11.8 Å². The lowest BCUT2D eigenvalue weighted by Crippen LogP contribution is -2.81. The Bertz CT molecular complexity index is 1940. The van der Waals surface area contributed by atoms with Gasteiger partial charge < -0.3 is 19.9 Å². The summed E-state index contributed by atoms with van der Waals surface area (Å²) in [4.78, 5) is 71.2. The topological polar surface area (TPSA) is 139 Å². The monoisotopic (exact) mass is 704 g/mol. The number of nitrogens with one attached hydrogen (secondary N) is 1. The predicted octanol–water partition coefficient (Wildman–Crippen LogP) is 3.47. The van der Waals surface area contributed by atoms with Gasteiger partial charge in [-0.2, -0.15) is 0 Å². The molecule has 4 aromatic rings. The summed E-state index contributed by atoms with van der Waals surface area (Å²) in [5, 5.41) is 17.8. The second-order valence-corrected chi connectivity index (χ2v) is 15.6. The summed E-state index contributed by atoms with van der Waals surface area (Å²) < 4.78 is 12.3. The van der Waals surface area contributed by atoms with Gasteiger partial charge in [0.15, 0.2) is 5.72 Å². The summed E-state index contributed by atoms with van der Waals surface area (Å²) in [6.45, 7) is 2.38. The molecule has 2 aliphatic heterocycles. The second kappa shape index (κ2) is 14.0. The maximum atomic E-state index is 15.3. The van der Waals surface area contributed by atoms with Crippen LogP contribution in [-0.4, -0.2) is 68.9 Å². The average Bonchev–Trinajstić information content (AvgIpc) is 3.40. The minimum absolute atomic E-state index is 0.0229. The van der Waals surface area contributed by atoms with Crippen LogP contribution in [-0.2, 0) is 23.9 Å². The SMILES string of the molecule is C=CCOC(=O)C(C(OC(C)=O)([C@H]1CC(=O)N1)C(O)(CC)N1C(=O)c2ccccc2C1=O)=P(c1ccccc1)(c1ccccc1)c1ccccc1. The van der Waals surface area contributed by atoms with E-state index >= 15 is 4.79 Å². The van der Waals surface area contributed by atoms with Crippen LogP contribution in [0.1, 0.15) is 47.4 Å². The summed E-state index contributed by atoms with van der Waals surface area (Å²) >= 11 is 0. The number of carbonyl (C=O) groups is 5. The molecule has 0 saturated carbocycles. The van der Waals surface area contributed by atoms with Crippen LogP contribution < -0.4 is 21.2 Å². The van der Waals surface area contributed by atoms with Crippen LogP contribution in [0.4, 0.5) is 0 Å². The molecular weight excluding hydrogens is 667 g/mol. The Kier molecular flexibility index (Phi) is 9.66. The Morgan fingerprint density at radius 2 is 1.27 bits per heavy atom. The summed E-state index contributed by atoms with van der Waals surface area (Å²) in [6, 6.07) is 32.1. The fraction of sp³-hybridized carbons (Fsp3) is 0.200. The highest BCUT2D eigenvalue weighted by molar-refractivity contribution is 7.96. The number of hydrogen-bond donors (Lipinski definition) is 2. The average molecular weight is 705 g/mol. The minimum Gasteiger partial charge on any atom is -0.458 e. The van der Waals surface area contributed by atoms with E-state index in [0.717, 1.165) is 6.92 Å². The normalized spacial score (nSPS) is 17.6. The van der Waals surface area contributed by atoms with Crippen molar-refractivity contribution in [2.45, 2.75) is 44.1 Å². The molecule has 10 nitrogen and oxygen atoms in total. The van der Waals surface area contributed by atoms with Crippen LogP contribution in [0.25, 0.3) is 0 Å². The quantitative estimate of drug-likeness (QED) is 0.0752. The molecule has 2 unspecified atom stereocenters. The molecule has 11 heteroatoms. The molecule has 260 valence electrons. The molecule has 1 fully saturated rings. The summed E-state index contributed by atoms with van der Waals surface area (Å²) in [5.74, 6) is -4.10. The van der Waals surface area contributed by atoms with Gasteiger partial charge in [0.1, 0.15) is 6.61 Å². The van der Waals surface area contributed by atoms with Crippen LogP contribution >= 0.6 is 6.89 Å². The lowest BCUT2D eigenvalue weighted by atomic mass is 9.73. The minimum atomic E-state index is -3.68. The number of carbonyl (C=O) groups excluding carboxylic acids is 5. The highest BCUT2D eigenvalue weighted by Gasteiger charge is 2.71. The number of ether oxygens (including phenoxy) is 2. The van der Waals surface area contributed by atoms with Crippen LogP contribution in [0.5, 0.6) is 0 Å². The zero-order valence-electron chi connectivity index (χ0n) is 28.2. The molecule has 0 bridgehead atoms. The molecule has 6 rings (SSSR count). The smallest absolute Gasteiger partial charge is 0.339 e. The van der Waals surface area contributed by atoms with Crippen molar-refractivity contribution in [3.8, 4) is 0 Å². The van der Waals surface area contributed by atoms with Crippen LogP contribution in [0.2, 0.25) is 0 Å². The van der Waals surface area contributed by atoms with Crippen molar-refractivity contribution < 1.29 is 38.6 Å². The zero-order valence-corrected chi connectivity index (χ0v) is 29.0. The van der Waals surface area contributed by atoms with E-state index in [4.69, 9.17) is 9.47 Å². The third-order valence-corrected chi connectivity index (χ3v) is 13.8. The van der Waals surface area contributed by atoms with Gasteiger partial charge in [-0.3, -0.25) is 19.2 Å². The molecule has 2 aliphatic rings. The third kappa shape index (κ3) is 5.52. The first-order chi connectivity index (χ1) is 24.6. The van der Waals surface area contributed by atoms with Gasteiger partial charge in [0.2, 0.25) is 11.5 Å². The van der Waals surface area contributed by atoms with Crippen LogP contribution in [0.3, 0.4) is 0 Å². The Labute approximate surface area is 295 Å². The maximum Gasteiger partial charge on any atom is 0.339 e. The van der Waals surface area contributed by atoms with Gasteiger partial charge in [-0.05, 0) is 41.4 Å². The van der Waals surface area contributed by atoms with E-state index in [1.54, 1.807) is 48.5 Å². The van der Waals surface area contributed by atoms with E-state index in [1.807, 2.05) is 54.6 Å². The first-order valence-corrected chi connectivity index (χ1v) is 18.3. The van der Waals surface area contributed by atoms with Gasteiger partial charge in [-0.25, -0.2) is 9.69 Å². The number of esters is 2. The Balaban J connectivity index is 1.91. The maximum absolute atomic E-state index is 15.3. The van der Waals surface area contributed by atoms with Crippen molar-refractivity contribution in [1.82, 2.24) is 10.2 Å². The van der Waals surface area contributed by atoms with Crippen molar-refractivity contribution in [2.75, 3.05) is 6.61 Å². The van der Waals surface area contributed by atoms with E-state index in [9.17, 15) is 24.3 Å². The first kappa shape index (κ1) is 35.3. The highest BCUT2D eigenvalue weighted by atomic mass is 31.2. The Morgan fingerprint density at radius 3 is 1.65 bits per heavy atom. The van der Waals surface area contributed by atoms with Crippen molar-refractivity contribution in [3.63, 3.8) is 0 Å². The number of imide groups is 1. The molecule has 0 aliphatic carbocycles. The molecule has 0 radical (unpaired) electrons. The number of aliphatic hydroxyl groups is 1. The summed E-state index contributed by atoms with van der Waals surface area (Å²) in [5.41, 5.74) is -5.33. The number of benzene rings is 4. The Morgan fingerprint density at radius 1 is 0.843 bits per heavy atom. The van der Waals surface area contributed by atoms with E-state index in [-0.39, 0.29) is 29.4 Å². The van der Waals surface area contributed by atoms with Crippen molar-refractivity contribution in [1.29, 1.82) is 0 Å². The summed E-state index contributed by atoms with van der Waals surface area (Å²) in [7, 11) is 0. The highest BCUT2D eigenvalue weighted by Crippen LogP contribution is 2.54. The van der Waals surface area contributed by atoms with Crippen LogP contribution in [0.15, 0.2) is 128 Å². The first-order valence-electron chi connectivity index (χ1n) is 16.5. The van der Waals surface area contributed by atoms with Gasteiger partial charge in [-0.15, -0.1) is 0 Å².